The Morgan fingerprint density at radius 3 is 2.69 bits per heavy atom. The summed E-state index contributed by atoms with van der Waals surface area (Å²) in [6.07, 6.45) is 0. The summed E-state index contributed by atoms with van der Waals surface area (Å²) >= 11 is 6.87. The van der Waals surface area contributed by atoms with E-state index < -0.39 is 0 Å². The summed E-state index contributed by atoms with van der Waals surface area (Å²) in [7, 11) is 0. The standard InChI is InChI=1S/C8H10ClN3S/c1-5(2)7-11-8(13-12-7)6(3-9)4-10/h5-6H,3H2,1-2H3. The van der Waals surface area contributed by atoms with Crippen LogP contribution in [0.5, 0.6) is 0 Å². The smallest absolute Gasteiger partial charge is 0.145 e. The minimum absolute atomic E-state index is 0.281. The van der Waals surface area contributed by atoms with Gasteiger partial charge in [0.1, 0.15) is 16.7 Å². The maximum absolute atomic E-state index is 8.73. The molecule has 0 N–H and O–H groups in total. The fourth-order valence-corrected chi connectivity index (χ4v) is 1.92. The van der Waals surface area contributed by atoms with Gasteiger partial charge in [-0.2, -0.15) is 9.64 Å². The molecular formula is C8H10ClN3S. The lowest BCUT2D eigenvalue weighted by molar-refractivity contribution is 0.786. The van der Waals surface area contributed by atoms with Crippen molar-refractivity contribution >= 4 is 23.1 Å². The Morgan fingerprint density at radius 2 is 2.31 bits per heavy atom. The van der Waals surface area contributed by atoms with E-state index in [1.54, 1.807) is 0 Å². The van der Waals surface area contributed by atoms with Crippen molar-refractivity contribution in [1.29, 1.82) is 5.26 Å². The molecule has 1 aromatic heterocycles. The van der Waals surface area contributed by atoms with Crippen molar-refractivity contribution in [2.75, 3.05) is 5.88 Å². The normalized spacial score (nSPS) is 12.8. The first kappa shape index (κ1) is 10.4. The third kappa shape index (κ3) is 2.39. The molecule has 3 nitrogen and oxygen atoms in total. The van der Waals surface area contributed by atoms with Crippen molar-refractivity contribution in [1.82, 2.24) is 9.36 Å². The molecule has 1 rings (SSSR count). The Labute approximate surface area is 86.5 Å². The van der Waals surface area contributed by atoms with Gasteiger partial charge in [-0.15, -0.1) is 11.6 Å². The lowest BCUT2D eigenvalue weighted by Gasteiger charge is -1.97. The van der Waals surface area contributed by atoms with E-state index >= 15 is 0 Å². The number of alkyl halides is 1. The predicted molar refractivity (Wildman–Crippen MR) is 53.1 cm³/mol. The molecule has 0 aromatic carbocycles. The maximum Gasteiger partial charge on any atom is 0.145 e. The number of hydrogen-bond acceptors (Lipinski definition) is 4. The summed E-state index contributed by atoms with van der Waals surface area (Å²) in [5.74, 6) is 1.07. The number of nitrogens with zero attached hydrogens (tertiary/aromatic N) is 3. The van der Waals surface area contributed by atoms with Crippen molar-refractivity contribution in [3.05, 3.63) is 10.8 Å². The van der Waals surface area contributed by atoms with Crippen LogP contribution in [0.4, 0.5) is 0 Å². The van der Waals surface area contributed by atoms with Gasteiger partial charge in [0, 0.05) is 11.8 Å². The number of aromatic nitrogens is 2. The first-order valence-corrected chi connectivity index (χ1v) is 5.29. The Kier molecular flexibility index (Phi) is 3.64. The summed E-state index contributed by atoms with van der Waals surface area (Å²) in [6.45, 7) is 4.04. The van der Waals surface area contributed by atoms with Crippen molar-refractivity contribution in [2.45, 2.75) is 25.7 Å². The molecule has 0 radical (unpaired) electrons. The van der Waals surface area contributed by atoms with Gasteiger partial charge < -0.3 is 0 Å². The van der Waals surface area contributed by atoms with Crippen molar-refractivity contribution in [3.63, 3.8) is 0 Å². The van der Waals surface area contributed by atoms with E-state index in [-0.39, 0.29) is 11.8 Å². The monoisotopic (exact) mass is 215 g/mol. The summed E-state index contributed by atoms with van der Waals surface area (Å²) in [5.41, 5.74) is 0. The minimum atomic E-state index is -0.313. The third-order valence-corrected chi connectivity index (χ3v) is 2.73. The van der Waals surface area contributed by atoms with Gasteiger partial charge >= 0.3 is 0 Å². The number of halogens is 1. The molecule has 0 saturated carbocycles. The average molecular weight is 216 g/mol. The van der Waals surface area contributed by atoms with Crippen LogP contribution >= 0.6 is 23.1 Å². The Balaban J connectivity index is 2.85. The molecule has 1 unspecified atom stereocenters. The summed E-state index contributed by atoms with van der Waals surface area (Å²) < 4.78 is 4.15. The molecule has 0 aliphatic heterocycles. The van der Waals surface area contributed by atoms with E-state index in [4.69, 9.17) is 16.9 Å². The van der Waals surface area contributed by atoms with Gasteiger partial charge in [-0.25, -0.2) is 4.98 Å². The molecule has 0 aliphatic carbocycles. The highest BCUT2D eigenvalue weighted by atomic mass is 35.5. The summed E-state index contributed by atoms with van der Waals surface area (Å²) in [5, 5.41) is 9.46. The first-order chi connectivity index (χ1) is 6.19. The zero-order valence-electron chi connectivity index (χ0n) is 7.49. The van der Waals surface area contributed by atoms with Crippen LogP contribution < -0.4 is 0 Å². The van der Waals surface area contributed by atoms with Crippen LogP contribution in [0.25, 0.3) is 0 Å². The lowest BCUT2D eigenvalue weighted by atomic mass is 10.2. The second-order valence-corrected chi connectivity index (χ2v) is 4.07. The average Bonchev–Trinajstić information content (AvgIpc) is 2.56. The van der Waals surface area contributed by atoms with Crippen LogP contribution in [0.15, 0.2) is 0 Å². The Hall–Kier alpha value is -0.660. The van der Waals surface area contributed by atoms with E-state index in [0.717, 1.165) is 10.8 Å². The maximum atomic E-state index is 8.73. The highest BCUT2D eigenvalue weighted by Crippen LogP contribution is 2.21. The highest BCUT2D eigenvalue weighted by Gasteiger charge is 2.15. The second-order valence-electron chi connectivity index (χ2n) is 2.98. The van der Waals surface area contributed by atoms with Gasteiger partial charge in [-0.3, -0.25) is 0 Å². The van der Waals surface area contributed by atoms with Gasteiger partial charge in [0.2, 0.25) is 0 Å². The highest BCUT2D eigenvalue weighted by molar-refractivity contribution is 7.05. The zero-order valence-corrected chi connectivity index (χ0v) is 9.06. The van der Waals surface area contributed by atoms with Gasteiger partial charge in [-0.05, 0) is 11.5 Å². The van der Waals surface area contributed by atoms with Gasteiger partial charge in [0.15, 0.2) is 0 Å². The number of hydrogen-bond donors (Lipinski definition) is 0. The van der Waals surface area contributed by atoms with E-state index in [9.17, 15) is 0 Å². The van der Waals surface area contributed by atoms with E-state index in [0.29, 0.717) is 5.92 Å². The quantitative estimate of drug-likeness (QED) is 0.728. The van der Waals surface area contributed by atoms with Crippen LogP contribution in [-0.4, -0.2) is 15.2 Å². The summed E-state index contributed by atoms with van der Waals surface area (Å²) in [4.78, 5) is 4.25. The topological polar surface area (TPSA) is 49.6 Å². The molecule has 0 saturated heterocycles. The Bertz CT molecular complexity index is 315. The van der Waals surface area contributed by atoms with E-state index in [2.05, 4.69) is 15.4 Å². The number of nitriles is 1. The first-order valence-electron chi connectivity index (χ1n) is 3.98. The molecule has 13 heavy (non-hydrogen) atoms. The van der Waals surface area contributed by atoms with Crippen LogP contribution in [0, 0.1) is 11.3 Å². The predicted octanol–water partition coefficient (Wildman–Crippen LogP) is 2.51. The molecule has 1 heterocycles. The third-order valence-electron chi connectivity index (χ3n) is 1.58. The number of rotatable bonds is 3. The molecule has 0 amide bonds. The fraction of sp³-hybridized carbons (Fsp3) is 0.625. The zero-order chi connectivity index (χ0) is 9.84. The molecule has 5 heteroatoms. The molecule has 70 valence electrons. The largest absolute Gasteiger partial charge is 0.223 e. The van der Waals surface area contributed by atoms with E-state index in [1.807, 2.05) is 13.8 Å². The van der Waals surface area contributed by atoms with Crippen LogP contribution in [-0.2, 0) is 0 Å². The second kappa shape index (κ2) is 4.54. The SMILES string of the molecule is CC(C)c1nsc(C(C#N)CCl)n1. The van der Waals surface area contributed by atoms with Crippen molar-refractivity contribution < 1.29 is 0 Å². The lowest BCUT2D eigenvalue weighted by Crippen LogP contribution is -1.97. The van der Waals surface area contributed by atoms with Gasteiger partial charge in [0.05, 0.1) is 6.07 Å². The summed E-state index contributed by atoms with van der Waals surface area (Å²) in [6, 6.07) is 2.10. The van der Waals surface area contributed by atoms with Gasteiger partial charge in [-0.1, -0.05) is 13.8 Å². The minimum Gasteiger partial charge on any atom is -0.223 e. The molecule has 0 bridgehead atoms. The molecule has 1 atom stereocenters. The molecule has 0 spiro atoms. The molecule has 0 aliphatic rings. The van der Waals surface area contributed by atoms with Crippen LogP contribution in [0.3, 0.4) is 0 Å². The van der Waals surface area contributed by atoms with Crippen LogP contribution in [0.1, 0.15) is 36.5 Å². The van der Waals surface area contributed by atoms with Gasteiger partial charge in [0.25, 0.3) is 0 Å². The van der Waals surface area contributed by atoms with E-state index in [1.165, 1.54) is 11.5 Å². The fourth-order valence-electron chi connectivity index (χ4n) is 0.779. The Morgan fingerprint density at radius 1 is 1.62 bits per heavy atom. The molecular weight excluding hydrogens is 206 g/mol. The molecule has 0 fully saturated rings. The van der Waals surface area contributed by atoms with Crippen LogP contribution in [0.2, 0.25) is 0 Å². The van der Waals surface area contributed by atoms with Crippen molar-refractivity contribution in [2.24, 2.45) is 0 Å². The van der Waals surface area contributed by atoms with Crippen molar-refractivity contribution in [3.8, 4) is 6.07 Å². The molecule has 1 aromatic rings.